The van der Waals surface area contributed by atoms with Gasteiger partial charge in [0.15, 0.2) is 0 Å². The van der Waals surface area contributed by atoms with Crippen molar-refractivity contribution in [2.75, 3.05) is 44.4 Å². The van der Waals surface area contributed by atoms with Crippen molar-refractivity contribution in [2.45, 2.75) is 30.9 Å². The van der Waals surface area contributed by atoms with E-state index < -0.39 is 0 Å². The van der Waals surface area contributed by atoms with Gasteiger partial charge < -0.3 is 14.9 Å². The van der Waals surface area contributed by atoms with Gasteiger partial charge in [-0.1, -0.05) is 0 Å². The zero-order valence-electron chi connectivity index (χ0n) is 10.3. The van der Waals surface area contributed by atoms with Gasteiger partial charge in [0, 0.05) is 31.5 Å². The van der Waals surface area contributed by atoms with Crippen molar-refractivity contribution in [3.05, 3.63) is 0 Å². The van der Waals surface area contributed by atoms with E-state index in [4.69, 9.17) is 14.9 Å². The summed E-state index contributed by atoms with van der Waals surface area (Å²) >= 11 is 1.98. The Morgan fingerprint density at radius 1 is 1.29 bits per heavy atom. The molecule has 0 radical (unpaired) electrons. The minimum atomic E-state index is 0.0801. The highest BCUT2D eigenvalue weighted by atomic mass is 32.2. The molecular formula is C12H23NO3S. The minimum absolute atomic E-state index is 0.0801. The fourth-order valence-electron chi connectivity index (χ4n) is 2.91. The first kappa shape index (κ1) is 13.6. The van der Waals surface area contributed by atoms with E-state index in [1.807, 2.05) is 11.8 Å². The first-order valence-corrected chi connectivity index (χ1v) is 7.63. The molecule has 2 rings (SSSR count). The summed E-state index contributed by atoms with van der Waals surface area (Å²) in [5, 5.41) is 18.2. The molecule has 2 aliphatic heterocycles. The maximum atomic E-state index is 9.09. The second kappa shape index (κ2) is 6.38. The van der Waals surface area contributed by atoms with Crippen LogP contribution in [0.4, 0.5) is 0 Å². The van der Waals surface area contributed by atoms with E-state index >= 15 is 0 Å². The van der Waals surface area contributed by atoms with Gasteiger partial charge in [-0.25, -0.2) is 0 Å². The lowest BCUT2D eigenvalue weighted by Gasteiger charge is -2.42. The number of thioether (sulfide) groups is 1. The summed E-state index contributed by atoms with van der Waals surface area (Å²) in [6, 6.07) is 0.460. The van der Waals surface area contributed by atoms with Crippen LogP contribution in [0.5, 0.6) is 0 Å². The molecule has 5 heteroatoms. The van der Waals surface area contributed by atoms with Gasteiger partial charge >= 0.3 is 0 Å². The summed E-state index contributed by atoms with van der Waals surface area (Å²) in [5.41, 5.74) is 0.0801. The van der Waals surface area contributed by atoms with E-state index in [9.17, 15) is 0 Å². The number of nitrogens with zero attached hydrogens (tertiary/aromatic N) is 1. The van der Waals surface area contributed by atoms with Crippen LogP contribution in [0.25, 0.3) is 0 Å². The van der Waals surface area contributed by atoms with E-state index in [0.29, 0.717) is 19.1 Å². The first-order chi connectivity index (χ1) is 8.29. The molecule has 0 bridgehead atoms. The van der Waals surface area contributed by atoms with Crippen LogP contribution in [-0.2, 0) is 4.74 Å². The summed E-state index contributed by atoms with van der Waals surface area (Å²) in [6.45, 7) is 2.47. The highest BCUT2D eigenvalue weighted by Gasteiger charge is 2.41. The van der Waals surface area contributed by atoms with Crippen molar-refractivity contribution < 1.29 is 14.9 Å². The molecule has 0 aliphatic carbocycles. The van der Waals surface area contributed by atoms with Crippen molar-refractivity contribution in [3.63, 3.8) is 0 Å². The predicted octanol–water partition coefficient (Wildman–Crippen LogP) is 0.328. The van der Waals surface area contributed by atoms with Crippen LogP contribution in [0.2, 0.25) is 0 Å². The van der Waals surface area contributed by atoms with Gasteiger partial charge in [-0.2, -0.15) is 11.8 Å². The van der Waals surface area contributed by atoms with Gasteiger partial charge in [-0.05, 0) is 25.0 Å². The second-order valence-corrected chi connectivity index (χ2v) is 6.07. The van der Waals surface area contributed by atoms with Crippen LogP contribution >= 0.6 is 11.8 Å². The summed E-state index contributed by atoms with van der Waals surface area (Å²) in [5.74, 6) is 2.31. The summed E-state index contributed by atoms with van der Waals surface area (Å²) in [4.78, 5) is 2.22. The van der Waals surface area contributed by atoms with Gasteiger partial charge in [0.25, 0.3) is 0 Å². The topological polar surface area (TPSA) is 52.9 Å². The lowest BCUT2D eigenvalue weighted by molar-refractivity contribution is -0.0920. The molecule has 100 valence electrons. The Morgan fingerprint density at radius 3 is 2.65 bits per heavy atom. The van der Waals surface area contributed by atoms with Gasteiger partial charge in [0.2, 0.25) is 0 Å². The fourth-order valence-corrected chi connectivity index (χ4v) is 4.29. The number of aliphatic hydroxyl groups excluding tert-OH is 2. The molecule has 0 aromatic rings. The Hall–Kier alpha value is 0.190. The predicted molar refractivity (Wildman–Crippen MR) is 69.4 cm³/mol. The highest BCUT2D eigenvalue weighted by Crippen LogP contribution is 2.39. The summed E-state index contributed by atoms with van der Waals surface area (Å²) in [6.07, 6.45) is 3.23. The van der Waals surface area contributed by atoms with Gasteiger partial charge in [0.1, 0.15) is 0 Å². The smallest absolute Gasteiger partial charge is 0.0795 e. The molecule has 17 heavy (non-hydrogen) atoms. The normalized spacial score (nSPS) is 33.7. The number of aliphatic hydroxyl groups is 2. The van der Waals surface area contributed by atoms with Crippen LogP contribution in [0.15, 0.2) is 0 Å². The van der Waals surface area contributed by atoms with E-state index in [1.54, 1.807) is 0 Å². The molecule has 0 aromatic carbocycles. The van der Waals surface area contributed by atoms with E-state index in [2.05, 4.69) is 4.90 Å². The van der Waals surface area contributed by atoms with Crippen molar-refractivity contribution in [1.29, 1.82) is 0 Å². The lowest BCUT2D eigenvalue weighted by atomic mass is 9.89. The third-order valence-electron chi connectivity index (χ3n) is 3.82. The van der Waals surface area contributed by atoms with Crippen LogP contribution < -0.4 is 0 Å². The maximum absolute atomic E-state index is 9.09. The Kier molecular flexibility index (Phi) is 5.11. The molecule has 2 aliphatic rings. The average molecular weight is 261 g/mol. The molecule has 2 heterocycles. The maximum Gasteiger partial charge on any atom is 0.0795 e. The fraction of sp³-hybridized carbons (Fsp3) is 1.00. The minimum Gasteiger partial charge on any atom is -0.395 e. The van der Waals surface area contributed by atoms with Crippen LogP contribution in [0.1, 0.15) is 19.3 Å². The molecule has 4 nitrogen and oxygen atoms in total. The third kappa shape index (κ3) is 3.35. The number of hydrogen-bond acceptors (Lipinski definition) is 5. The Bertz CT molecular complexity index is 228. The number of hydrogen-bond donors (Lipinski definition) is 2. The van der Waals surface area contributed by atoms with Crippen molar-refractivity contribution in [3.8, 4) is 0 Å². The standard InChI is InChI=1S/C12H23NO3S/c14-5-3-13(4-6-15)11-1-7-16-12(9-11)2-8-17-10-12/h11,14-15H,1-10H2. The quantitative estimate of drug-likeness (QED) is 0.747. The molecule has 2 unspecified atom stereocenters. The van der Waals surface area contributed by atoms with Crippen LogP contribution in [-0.4, -0.2) is 71.2 Å². The van der Waals surface area contributed by atoms with Crippen molar-refractivity contribution in [2.24, 2.45) is 0 Å². The second-order valence-electron chi connectivity index (χ2n) is 4.96. The summed E-state index contributed by atoms with van der Waals surface area (Å²) in [7, 11) is 0. The van der Waals surface area contributed by atoms with E-state index in [-0.39, 0.29) is 18.8 Å². The van der Waals surface area contributed by atoms with E-state index in [0.717, 1.165) is 31.6 Å². The molecule has 0 amide bonds. The SMILES string of the molecule is OCCN(CCO)C1CCOC2(CCSC2)C1. The number of rotatable bonds is 5. The largest absolute Gasteiger partial charge is 0.395 e. The summed E-state index contributed by atoms with van der Waals surface area (Å²) < 4.78 is 5.99. The van der Waals surface area contributed by atoms with Crippen molar-refractivity contribution in [1.82, 2.24) is 4.90 Å². The molecule has 2 saturated heterocycles. The molecule has 2 fully saturated rings. The third-order valence-corrected chi connectivity index (χ3v) is 5.05. The van der Waals surface area contributed by atoms with Gasteiger partial charge in [0.05, 0.1) is 18.8 Å². The Balaban J connectivity index is 1.94. The first-order valence-electron chi connectivity index (χ1n) is 6.47. The molecular weight excluding hydrogens is 238 g/mol. The average Bonchev–Trinajstić information content (AvgIpc) is 2.77. The van der Waals surface area contributed by atoms with Crippen LogP contribution in [0.3, 0.4) is 0 Å². The number of ether oxygens (including phenoxy) is 1. The zero-order chi connectivity index (χ0) is 12.1. The highest BCUT2D eigenvalue weighted by molar-refractivity contribution is 7.99. The molecule has 0 saturated carbocycles. The monoisotopic (exact) mass is 261 g/mol. The van der Waals surface area contributed by atoms with Crippen LogP contribution in [0, 0.1) is 0 Å². The van der Waals surface area contributed by atoms with Gasteiger partial charge in [-0.15, -0.1) is 0 Å². The Labute approximate surface area is 107 Å². The molecule has 0 aromatic heterocycles. The molecule has 1 spiro atoms. The van der Waals surface area contributed by atoms with Gasteiger partial charge in [-0.3, -0.25) is 4.90 Å². The zero-order valence-corrected chi connectivity index (χ0v) is 11.1. The Morgan fingerprint density at radius 2 is 2.06 bits per heavy atom. The molecule has 2 atom stereocenters. The van der Waals surface area contributed by atoms with E-state index in [1.165, 1.54) is 5.75 Å². The lowest BCUT2D eigenvalue weighted by Crippen LogP contribution is -2.50. The molecule has 2 N–H and O–H groups in total. The van der Waals surface area contributed by atoms with Crippen molar-refractivity contribution >= 4 is 11.8 Å².